The number of hydrogen-bond donors (Lipinski definition) is 2. The van der Waals surface area contributed by atoms with Gasteiger partial charge >= 0.3 is 5.97 Å². The van der Waals surface area contributed by atoms with Gasteiger partial charge in [-0.05, 0) is 25.0 Å². The molecule has 0 aliphatic rings. The number of amides is 1. The molecule has 0 saturated carbocycles. The van der Waals surface area contributed by atoms with Crippen LogP contribution in [0.3, 0.4) is 0 Å². The number of H-pyrrole nitrogens is 1. The van der Waals surface area contributed by atoms with Gasteiger partial charge in [0.1, 0.15) is 11.2 Å². The number of nitrogens with one attached hydrogen (secondary N) is 2. The van der Waals surface area contributed by atoms with Crippen LogP contribution in [0, 0.1) is 17.2 Å². The third-order valence-corrected chi connectivity index (χ3v) is 3.87. The summed E-state index contributed by atoms with van der Waals surface area (Å²) in [6.07, 6.45) is 0. The number of ether oxygens (including phenoxy) is 1. The molecule has 2 N–H and O–H groups in total. The molecule has 6 heteroatoms. The number of carbonyl (C=O) groups is 2. The number of aromatic amines is 1. The van der Waals surface area contributed by atoms with E-state index in [1.54, 1.807) is 13.0 Å². The Hall–Kier alpha value is -2.81. The van der Waals surface area contributed by atoms with Crippen LogP contribution in [0.4, 0.5) is 0 Å². The van der Waals surface area contributed by atoms with E-state index >= 15 is 0 Å². The first-order valence-corrected chi connectivity index (χ1v) is 7.33. The van der Waals surface area contributed by atoms with E-state index in [9.17, 15) is 9.59 Å². The van der Waals surface area contributed by atoms with Gasteiger partial charge in [0.15, 0.2) is 6.61 Å². The van der Waals surface area contributed by atoms with E-state index in [1.165, 1.54) is 0 Å². The van der Waals surface area contributed by atoms with Gasteiger partial charge in [0.25, 0.3) is 5.91 Å². The Morgan fingerprint density at radius 1 is 1.39 bits per heavy atom. The summed E-state index contributed by atoms with van der Waals surface area (Å²) in [7, 11) is 0. The predicted octanol–water partition coefficient (Wildman–Crippen LogP) is 2.38. The number of rotatable bonds is 5. The first-order chi connectivity index (χ1) is 10.9. The van der Waals surface area contributed by atoms with Crippen LogP contribution in [0.2, 0.25) is 0 Å². The molecule has 0 bridgehead atoms. The van der Waals surface area contributed by atoms with Gasteiger partial charge in [0, 0.05) is 10.9 Å². The summed E-state index contributed by atoms with van der Waals surface area (Å²) in [4.78, 5) is 26.8. The summed E-state index contributed by atoms with van der Waals surface area (Å²) in [5, 5.41) is 12.6. The van der Waals surface area contributed by atoms with Gasteiger partial charge in [0.2, 0.25) is 0 Å². The molecule has 0 aliphatic heterocycles. The predicted molar refractivity (Wildman–Crippen MR) is 85.6 cm³/mol. The molecule has 1 aromatic carbocycles. The molecule has 0 spiro atoms. The lowest BCUT2D eigenvalue weighted by Gasteiger charge is -2.27. The van der Waals surface area contributed by atoms with Crippen molar-refractivity contribution in [1.29, 1.82) is 5.26 Å². The van der Waals surface area contributed by atoms with Gasteiger partial charge in [-0.1, -0.05) is 32.0 Å². The molecular formula is C17H19N3O3. The highest BCUT2D eigenvalue weighted by Crippen LogP contribution is 2.16. The number of hydrogen-bond acceptors (Lipinski definition) is 4. The lowest BCUT2D eigenvalue weighted by Crippen LogP contribution is -2.50. The fourth-order valence-electron chi connectivity index (χ4n) is 2.02. The molecule has 0 unspecified atom stereocenters. The van der Waals surface area contributed by atoms with Crippen LogP contribution in [0.15, 0.2) is 30.3 Å². The quantitative estimate of drug-likeness (QED) is 0.828. The minimum Gasteiger partial charge on any atom is -0.451 e. The molecule has 0 aliphatic carbocycles. The highest BCUT2D eigenvalue weighted by Gasteiger charge is 2.30. The summed E-state index contributed by atoms with van der Waals surface area (Å²) in [5.41, 5.74) is 0.108. The van der Waals surface area contributed by atoms with Crippen LogP contribution in [0.25, 0.3) is 10.9 Å². The topological polar surface area (TPSA) is 95.0 Å². The highest BCUT2D eigenvalue weighted by atomic mass is 16.5. The zero-order valence-corrected chi connectivity index (χ0v) is 13.3. The van der Waals surface area contributed by atoms with Crippen molar-refractivity contribution in [3.05, 3.63) is 36.0 Å². The molecule has 23 heavy (non-hydrogen) atoms. The lowest BCUT2D eigenvalue weighted by atomic mass is 9.90. The summed E-state index contributed by atoms with van der Waals surface area (Å²) in [6, 6.07) is 11.2. The first-order valence-electron chi connectivity index (χ1n) is 7.33. The smallest absolute Gasteiger partial charge is 0.355 e. The number of benzene rings is 1. The van der Waals surface area contributed by atoms with Crippen molar-refractivity contribution in [1.82, 2.24) is 10.3 Å². The van der Waals surface area contributed by atoms with Gasteiger partial charge in [-0.2, -0.15) is 5.26 Å². The second-order valence-electron chi connectivity index (χ2n) is 5.86. The fourth-order valence-corrected chi connectivity index (χ4v) is 2.02. The summed E-state index contributed by atoms with van der Waals surface area (Å²) >= 11 is 0. The normalized spacial score (nSPS) is 13.3. The van der Waals surface area contributed by atoms with Gasteiger partial charge in [-0.25, -0.2) is 4.79 Å². The Kier molecular flexibility index (Phi) is 4.70. The van der Waals surface area contributed by atoms with Crippen LogP contribution in [0.5, 0.6) is 0 Å². The third-order valence-electron chi connectivity index (χ3n) is 3.87. The van der Waals surface area contributed by atoms with Gasteiger partial charge in [0.05, 0.1) is 6.07 Å². The summed E-state index contributed by atoms with van der Waals surface area (Å²) in [5.74, 6) is -1.19. The largest absolute Gasteiger partial charge is 0.451 e. The standard InChI is InChI=1S/C17H19N3O3/c1-11(2)17(3,10-18)20-15(21)9-23-16(22)14-8-12-6-4-5-7-13(12)19-14/h4-8,11,19H,9H2,1-3H3,(H,20,21)/t17-/m0/s1. The lowest BCUT2D eigenvalue weighted by molar-refractivity contribution is -0.125. The SMILES string of the molecule is CC(C)[C@](C)(C#N)NC(=O)COC(=O)c1cc2ccccc2[nH]1. The zero-order chi connectivity index (χ0) is 17.0. The average molecular weight is 313 g/mol. The number of nitriles is 1. The monoisotopic (exact) mass is 313 g/mol. The molecule has 2 rings (SSSR count). The minimum atomic E-state index is -0.995. The molecule has 2 aromatic rings. The Labute approximate surface area is 134 Å². The van der Waals surface area contributed by atoms with Crippen molar-refractivity contribution >= 4 is 22.8 Å². The van der Waals surface area contributed by atoms with E-state index in [0.29, 0.717) is 0 Å². The van der Waals surface area contributed by atoms with Crippen LogP contribution >= 0.6 is 0 Å². The highest BCUT2D eigenvalue weighted by molar-refractivity contribution is 5.95. The van der Waals surface area contributed by atoms with Crippen LogP contribution in [-0.2, 0) is 9.53 Å². The van der Waals surface area contributed by atoms with Crippen molar-refractivity contribution in [2.45, 2.75) is 26.3 Å². The van der Waals surface area contributed by atoms with Crippen LogP contribution in [-0.4, -0.2) is 29.0 Å². The summed E-state index contributed by atoms with van der Waals surface area (Å²) in [6.45, 7) is 4.87. The Morgan fingerprint density at radius 3 is 2.70 bits per heavy atom. The molecular weight excluding hydrogens is 294 g/mol. The number of aromatic nitrogens is 1. The Bertz CT molecular complexity index is 740. The molecule has 6 nitrogen and oxygen atoms in total. The molecule has 0 saturated heterocycles. The Morgan fingerprint density at radius 2 is 2.09 bits per heavy atom. The van der Waals surface area contributed by atoms with Crippen molar-refractivity contribution < 1.29 is 14.3 Å². The summed E-state index contributed by atoms with van der Waals surface area (Å²) < 4.78 is 5.00. The van der Waals surface area contributed by atoms with Crippen molar-refractivity contribution in [2.24, 2.45) is 5.92 Å². The van der Waals surface area contributed by atoms with Crippen molar-refractivity contribution in [3.63, 3.8) is 0 Å². The van der Waals surface area contributed by atoms with E-state index in [-0.39, 0.29) is 11.6 Å². The number of nitrogens with zero attached hydrogens (tertiary/aromatic N) is 1. The van der Waals surface area contributed by atoms with E-state index in [2.05, 4.69) is 16.4 Å². The van der Waals surface area contributed by atoms with Crippen LogP contribution < -0.4 is 5.32 Å². The first kappa shape index (κ1) is 16.6. The third kappa shape index (κ3) is 3.69. The van der Waals surface area contributed by atoms with E-state index in [4.69, 9.17) is 10.00 Å². The van der Waals surface area contributed by atoms with Gasteiger partial charge < -0.3 is 15.0 Å². The zero-order valence-electron chi connectivity index (χ0n) is 13.3. The molecule has 1 amide bonds. The van der Waals surface area contributed by atoms with Gasteiger partial charge in [-0.15, -0.1) is 0 Å². The maximum Gasteiger partial charge on any atom is 0.355 e. The maximum atomic E-state index is 12.0. The minimum absolute atomic E-state index is 0.0687. The molecule has 1 aromatic heterocycles. The van der Waals surface area contributed by atoms with E-state index < -0.39 is 24.0 Å². The second-order valence-corrected chi connectivity index (χ2v) is 5.86. The van der Waals surface area contributed by atoms with Gasteiger partial charge in [-0.3, -0.25) is 4.79 Å². The average Bonchev–Trinajstić information content (AvgIpc) is 2.96. The fraction of sp³-hybridized carbons (Fsp3) is 0.353. The van der Waals surface area contributed by atoms with E-state index in [1.807, 2.05) is 38.1 Å². The van der Waals surface area contributed by atoms with Crippen LogP contribution in [0.1, 0.15) is 31.3 Å². The number of carbonyl (C=O) groups excluding carboxylic acids is 2. The molecule has 0 radical (unpaired) electrons. The molecule has 0 fully saturated rings. The maximum absolute atomic E-state index is 12.0. The van der Waals surface area contributed by atoms with Crippen molar-refractivity contribution in [3.8, 4) is 6.07 Å². The molecule has 1 atom stereocenters. The number of esters is 1. The number of fused-ring (bicyclic) bond motifs is 1. The molecule has 120 valence electrons. The Balaban J connectivity index is 1.96. The number of para-hydroxylation sites is 1. The second kappa shape index (κ2) is 6.53. The molecule has 1 heterocycles. The van der Waals surface area contributed by atoms with E-state index in [0.717, 1.165) is 10.9 Å². The van der Waals surface area contributed by atoms with Crippen molar-refractivity contribution in [2.75, 3.05) is 6.61 Å².